The highest BCUT2D eigenvalue weighted by atomic mass is 35.5. The van der Waals surface area contributed by atoms with Crippen molar-refractivity contribution < 1.29 is 4.79 Å². The van der Waals surface area contributed by atoms with Crippen LogP contribution in [0.5, 0.6) is 0 Å². The molecule has 0 aliphatic carbocycles. The third kappa shape index (κ3) is 2.30. The number of Topliss-reactive ketones (excluding diaryl/α,β-unsaturated/α-hetero) is 1. The van der Waals surface area contributed by atoms with Crippen LogP contribution in [0.2, 0.25) is 5.28 Å². The Labute approximate surface area is 121 Å². The van der Waals surface area contributed by atoms with Gasteiger partial charge in [-0.25, -0.2) is 9.97 Å². The van der Waals surface area contributed by atoms with Crippen molar-refractivity contribution in [2.24, 2.45) is 0 Å². The molecule has 0 amide bonds. The van der Waals surface area contributed by atoms with E-state index in [-0.39, 0.29) is 11.1 Å². The number of halogens is 1. The van der Waals surface area contributed by atoms with Crippen molar-refractivity contribution in [2.45, 2.75) is 13.5 Å². The van der Waals surface area contributed by atoms with E-state index in [9.17, 15) is 4.79 Å². The fourth-order valence-corrected chi connectivity index (χ4v) is 2.45. The SMILES string of the molecule is CC(=O)Cn1cc(-c2ccnc(Cl)n2)c2ccccc21. The van der Waals surface area contributed by atoms with Crippen LogP contribution >= 0.6 is 11.6 Å². The number of ketones is 1. The summed E-state index contributed by atoms with van der Waals surface area (Å²) in [7, 11) is 0. The molecule has 0 saturated heterocycles. The zero-order chi connectivity index (χ0) is 14.1. The quantitative estimate of drug-likeness (QED) is 0.694. The first-order valence-electron chi connectivity index (χ1n) is 6.21. The lowest BCUT2D eigenvalue weighted by Crippen LogP contribution is -2.04. The van der Waals surface area contributed by atoms with Crippen molar-refractivity contribution in [1.82, 2.24) is 14.5 Å². The fourth-order valence-electron chi connectivity index (χ4n) is 2.31. The topological polar surface area (TPSA) is 47.8 Å². The minimum absolute atomic E-state index is 0.109. The first kappa shape index (κ1) is 12.8. The van der Waals surface area contributed by atoms with E-state index < -0.39 is 0 Å². The van der Waals surface area contributed by atoms with Gasteiger partial charge in [-0.05, 0) is 30.7 Å². The molecule has 0 unspecified atom stereocenters. The number of nitrogens with zero attached hydrogens (tertiary/aromatic N) is 3. The largest absolute Gasteiger partial charge is 0.339 e. The molecule has 0 aliphatic heterocycles. The van der Waals surface area contributed by atoms with Gasteiger partial charge in [-0.15, -0.1) is 0 Å². The molecule has 0 fully saturated rings. The average molecular weight is 286 g/mol. The number of fused-ring (bicyclic) bond motifs is 1. The minimum Gasteiger partial charge on any atom is -0.339 e. The Hall–Kier alpha value is -2.20. The molecular weight excluding hydrogens is 274 g/mol. The Morgan fingerprint density at radius 2 is 2.10 bits per heavy atom. The number of rotatable bonds is 3. The zero-order valence-corrected chi connectivity index (χ0v) is 11.6. The smallest absolute Gasteiger partial charge is 0.222 e. The summed E-state index contributed by atoms with van der Waals surface area (Å²) in [6.45, 7) is 1.93. The van der Waals surface area contributed by atoms with E-state index in [1.165, 1.54) is 0 Å². The number of aromatic nitrogens is 3. The van der Waals surface area contributed by atoms with Gasteiger partial charge in [0.25, 0.3) is 0 Å². The van der Waals surface area contributed by atoms with Crippen LogP contribution in [0, 0.1) is 0 Å². The summed E-state index contributed by atoms with van der Waals surface area (Å²) in [6, 6.07) is 9.73. The molecule has 0 saturated carbocycles. The van der Waals surface area contributed by atoms with Gasteiger partial charge in [0.1, 0.15) is 5.78 Å². The second-order valence-electron chi connectivity index (χ2n) is 4.60. The Bertz CT molecular complexity index is 795. The Kier molecular flexibility index (Phi) is 3.24. The molecule has 20 heavy (non-hydrogen) atoms. The fraction of sp³-hybridized carbons (Fsp3) is 0.133. The third-order valence-electron chi connectivity index (χ3n) is 3.08. The molecule has 2 heterocycles. The van der Waals surface area contributed by atoms with Crippen molar-refractivity contribution in [3.8, 4) is 11.3 Å². The summed E-state index contributed by atoms with van der Waals surface area (Å²) in [5, 5.41) is 1.26. The summed E-state index contributed by atoms with van der Waals surface area (Å²) in [5.74, 6) is 0.109. The molecule has 0 aliphatic rings. The van der Waals surface area contributed by atoms with E-state index in [0.717, 1.165) is 22.2 Å². The number of carbonyl (C=O) groups excluding carboxylic acids is 1. The standard InChI is InChI=1S/C15H12ClN3O/c1-10(20)8-19-9-12(11-4-2-3-5-14(11)19)13-6-7-17-15(16)18-13/h2-7,9H,8H2,1H3. The van der Waals surface area contributed by atoms with Crippen LogP contribution in [0.15, 0.2) is 42.7 Å². The molecule has 0 radical (unpaired) electrons. The van der Waals surface area contributed by atoms with Gasteiger partial charge in [-0.2, -0.15) is 0 Å². The van der Waals surface area contributed by atoms with Crippen LogP contribution in [0.3, 0.4) is 0 Å². The Balaban J connectivity index is 2.23. The molecule has 5 heteroatoms. The van der Waals surface area contributed by atoms with Crippen LogP contribution in [-0.4, -0.2) is 20.3 Å². The molecule has 2 aromatic heterocycles. The summed E-state index contributed by atoms with van der Waals surface area (Å²) in [4.78, 5) is 19.5. The predicted octanol–water partition coefficient (Wildman–Crippen LogP) is 3.34. The maximum absolute atomic E-state index is 11.4. The third-order valence-corrected chi connectivity index (χ3v) is 3.27. The highest BCUT2D eigenvalue weighted by Gasteiger charge is 2.12. The lowest BCUT2D eigenvalue weighted by Gasteiger charge is -2.00. The number of carbonyl (C=O) groups is 1. The van der Waals surface area contributed by atoms with Gasteiger partial charge in [-0.3, -0.25) is 4.79 Å². The average Bonchev–Trinajstić information content (AvgIpc) is 2.77. The van der Waals surface area contributed by atoms with Gasteiger partial charge in [0.05, 0.1) is 12.2 Å². The van der Waals surface area contributed by atoms with Crippen LogP contribution in [0.1, 0.15) is 6.92 Å². The molecule has 100 valence electrons. The Morgan fingerprint density at radius 1 is 1.30 bits per heavy atom. The van der Waals surface area contributed by atoms with Crippen LogP contribution in [-0.2, 0) is 11.3 Å². The molecular formula is C15H12ClN3O. The molecule has 0 atom stereocenters. The van der Waals surface area contributed by atoms with E-state index in [0.29, 0.717) is 6.54 Å². The van der Waals surface area contributed by atoms with E-state index in [2.05, 4.69) is 9.97 Å². The van der Waals surface area contributed by atoms with Crippen LogP contribution < -0.4 is 0 Å². The lowest BCUT2D eigenvalue weighted by atomic mass is 10.1. The highest BCUT2D eigenvalue weighted by Crippen LogP contribution is 2.29. The summed E-state index contributed by atoms with van der Waals surface area (Å²) in [6.07, 6.45) is 3.56. The molecule has 4 nitrogen and oxygen atoms in total. The van der Waals surface area contributed by atoms with Gasteiger partial charge in [0, 0.05) is 28.9 Å². The zero-order valence-electron chi connectivity index (χ0n) is 10.9. The van der Waals surface area contributed by atoms with Crippen molar-refractivity contribution in [1.29, 1.82) is 0 Å². The number of para-hydroxylation sites is 1. The van der Waals surface area contributed by atoms with Gasteiger partial charge in [0.2, 0.25) is 5.28 Å². The molecule has 0 N–H and O–H groups in total. The van der Waals surface area contributed by atoms with Gasteiger partial charge in [0.15, 0.2) is 0 Å². The molecule has 3 aromatic rings. The maximum atomic E-state index is 11.4. The van der Waals surface area contributed by atoms with E-state index in [1.54, 1.807) is 13.1 Å². The predicted molar refractivity (Wildman–Crippen MR) is 78.7 cm³/mol. The second-order valence-corrected chi connectivity index (χ2v) is 4.94. The number of hydrogen-bond donors (Lipinski definition) is 0. The number of hydrogen-bond acceptors (Lipinski definition) is 3. The first-order chi connectivity index (χ1) is 9.65. The normalized spacial score (nSPS) is 10.9. The van der Waals surface area contributed by atoms with Crippen LogP contribution in [0.4, 0.5) is 0 Å². The Morgan fingerprint density at radius 3 is 2.85 bits per heavy atom. The van der Waals surface area contributed by atoms with Crippen molar-refractivity contribution in [3.63, 3.8) is 0 Å². The maximum Gasteiger partial charge on any atom is 0.222 e. The summed E-state index contributed by atoms with van der Waals surface area (Å²) >= 11 is 5.85. The van der Waals surface area contributed by atoms with E-state index in [1.807, 2.05) is 41.1 Å². The monoisotopic (exact) mass is 285 g/mol. The minimum atomic E-state index is 0.109. The summed E-state index contributed by atoms with van der Waals surface area (Å²) in [5.41, 5.74) is 2.71. The highest BCUT2D eigenvalue weighted by molar-refractivity contribution is 6.28. The van der Waals surface area contributed by atoms with Gasteiger partial charge < -0.3 is 4.57 Å². The van der Waals surface area contributed by atoms with Crippen molar-refractivity contribution >= 4 is 28.3 Å². The van der Waals surface area contributed by atoms with Gasteiger partial charge >= 0.3 is 0 Å². The van der Waals surface area contributed by atoms with Gasteiger partial charge in [-0.1, -0.05) is 18.2 Å². The van der Waals surface area contributed by atoms with E-state index in [4.69, 9.17) is 11.6 Å². The van der Waals surface area contributed by atoms with Crippen molar-refractivity contribution in [3.05, 3.63) is 48.0 Å². The molecule has 0 bridgehead atoms. The van der Waals surface area contributed by atoms with E-state index >= 15 is 0 Å². The second kappa shape index (κ2) is 5.06. The number of benzene rings is 1. The lowest BCUT2D eigenvalue weighted by molar-refractivity contribution is -0.117. The first-order valence-corrected chi connectivity index (χ1v) is 6.59. The molecule has 0 spiro atoms. The summed E-state index contributed by atoms with van der Waals surface area (Å²) < 4.78 is 1.93. The van der Waals surface area contributed by atoms with Crippen LogP contribution in [0.25, 0.3) is 22.2 Å². The van der Waals surface area contributed by atoms with Crippen molar-refractivity contribution in [2.75, 3.05) is 0 Å². The molecule has 3 rings (SSSR count). The molecule has 1 aromatic carbocycles.